The lowest BCUT2D eigenvalue weighted by atomic mass is 10.1. The molecule has 1 aromatic rings. The summed E-state index contributed by atoms with van der Waals surface area (Å²) in [6, 6.07) is 5.28. The van der Waals surface area contributed by atoms with Gasteiger partial charge in [-0.3, -0.25) is 10.6 Å². The zero-order chi connectivity index (χ0) is 8.97. The van der Waals surface area contributed by atoms with Crippen LogP contribution < -0.4 is 11.3 Å². The average Bonchev–Trinajstić information content (AvgIpc) is 2.16. The summed E-state index contributed by atoms with van der Waals surface area (Å²) in [5.74, 6) is 5.26. The number of carbonyl (C=O) groups is 1. The lowest BCUT2D eigenvalue weighted by molar-refractivity contribution is 0.112. The Morgan fingerprint density at radius 3 is 2.83 bits per heavy atom. The number of nitrogens with one attached hydrogen (secondary N) is 1. The first-order valence-corrected chi connectivity index (χ1v) is 4.54. The Morgan fingerprint density at radius 1 is 1.58 bits per heavy atom. The van der Waals surface area contributed by atoms with E-state index in [1.807, 2.05) is 0 Å². The van der Waals surface area contributed by atoms with Gasteiger partial charge in [0, 0.05) is 10.9 Å². The number of nitrogen functional groups attached to an aromatic ring is 1. The Morgan fingerprint density at radius 2 is 2.33 bits per heavy atom. The molecular weight excluding hydrogens is 220 g/mol. The number of anilines is 1. The SMILES string of the molecule is NNc1ccc(C=O)cc1CBr. The van der Waals surface area contributed by atoms with Gasteiger partial charge in [0.1, 0.15) is 6.29 Å². The molecule has 1 aromatic carbocycles. The highest BCUT2D eigenvalue weighted by Gasteiger charge is 2.00. The topological polar surface area (TPSA) is 55.1 Å². The predicted molar refractivity (Wildman–Crippen MR) is 52.3 cm³/mol. The van der Waals surface area contributed by atoms with E-state index in [-0.39, 0.29) is 0 Å². The molecule has 0 saturated heterocycles. The van der Waals surface area contributed by atoms with E-state index < -0.39 is 0 Å². The summed E-state index contributed by atoms with van der Waals surface area (Å²) in [5.41, 5.74) is 5.01. The van der Waals surface area contributed by atoms with Crippen molar-refractivity contribution in [3.63, 3.8) is 0 Å². The van der Waals surface area contributed by atoms with Gasteiger partial charge in [-0.15, -0.1) is 0 Å². The minimum absolute atomic E-state index is 0.656. The summed E-state index contributed by atoms with van der Waals surface area (Å²) in [6.45, 7) is 0. The maximum Gasteiger partial charge on any atom is 0.150 e. The van der Waals surface area contributed by atoms with Crippen molar-refractivity contribution in [1.82, 2.24) is 0 Å². The fourth-order valence-corrected chi connectivity index (χ4v) is 1.40. The standard InChI is InChI=1S/C8H9BrN2O/c9-4-7-3-6(5-12)1-2-8(7)11-10/h1-3,5,11H,4,10H2. The molecule has 0 unspecified atom stereocenters. The van der Waals surface area contributed by atoms with Crippen molar-refractivity contribution in [1.29, 1.82) is 0 Å². The summed E-state index contributed by atoms with van der Waals surface area (Å²) in [4.78, 5) is 10.4. The second-order valence-electron chi connectivity index (χ2n) is 2.31. The van der Waals surface area contributed by atoms with Gasteiger partial charge >= 0.3 is 0 Å². The van der Waals surface area contributed by atoms with Crippen LogP contribution in [0.1, 0.15) is 15.9 Å². The normalized spacial score (nSPS) is 9.50. The molecule has 0 aliphatic rings. The van der Waals surface area contributed by atoms with Gasteiger partial charge in [-0.2, -0.15) is 0 Å². The van der Waals surface area contributed by atoms with Crippen molar-refractivity contribution < 1.29 is 4.79 Å². The number of hydrogen-bond acceptors (Lipinski definition) is 3. The Balaban J connectivity index is 3.10. The number of halogens is 1. The van der Waals surface area contributed by atoms with Crippen LogP contribution in [0.25, 0.3) is 0 Å². The van der Waals surface area contributed by atoms with E-state index >= 15 is 0 Å². The first kappa shape index (κ1) is 9.22. The van der Waals surface area contributed by atoms with Gasteiger partial charge in [0.15, 0.2) is 0 Å². The Bertz CT molecular complexity index is 288. The Labute approximate surface area is 79.1 Å². The summed E-state index contributed by atoms with van der Waals surface area (Å²) >= 11 is 3.30. The number of aldehydes is 1. The largest absolute Gasteiger partial charge is 0.324 e. The minimum atomic E-state index is 0.656. The van der Waals surface area contributed by atoms with Gasteiger partial charge in [0.05, 0.1) is 5.69 Å². The molecule has 0 fully saturated rings. The van der Waals surface area contributed by atoms with E-state index in [1.54, 1.807) is 18.2 Å². The summed E-state index contributed by atoms with van der Waals surface area (Å²) in [5, 5.41) is 0.675. The molecule has 0 atom stereocenters. The molecule has 1 rings (SSSR count). The van der Waals surface area contributed by atoms with E-state index in [1.165, 1.54) is 0 Å². The van der Waals surface area contributed by atoms with E-state index in [2.05, 4.69) is 21.4 Å². The Hall–Kier alpha value is -0.870. The molecule has 4 heteroatoms. The molecule has 3 nitrogen and oxygen atoms in total. The molecule has 0 amide bonds. The third-order valence-electron chi connectivity index (χ3n) is 1.56. The molecule has 3 N–H and O–H groups in total. The third-order valence-corrected chi connectivity index (χ3v) is 2.17. The summed E-state index contributed by atoms with van der Waals surface area (Å²) < 4.78 is 0. The Kier molecular flexibility index (Phi) is 3.25. The van der Waals surface area contributed by atoms with Gasteiger partial charge in [-0.05, 0) is 23.8 Å². The average molecular weight is 229 g/mol. The van der Waals surface area contributed by atoms with Crippen LogP contribution in [0.2, 0.25) is 0 Å². The van der Waals surface area contributed by atoms with Crippen LogP contribution in [0.4, 0.5) is 5.69 Å². The summed E-state index contributed by atoms with van der Waals surface area (Å²) in [7, 11) is 0. The highest BCUT2D eigenvalue weighted by molar-refractivity contribution is 9.08. The quantitative estimate of drug-likeness (QED) is 0.359. The van der Waals surface area contributed by atoms with Gasteiger partial charge in [0.2, 0.25) is 0 Å². The van der Waals surface area contributed by atoms with Crippen LogP contribution in [0.5, 0.6) is 0 Å². The zero-order valence-electron chi connectivity index (χ0n) is 6.38. The number of nitrogens with two attached hydrogens (primary N) is 1. The maximum absolute atomic E-state index is 10.4. The number of benzene rings is 1. The van der Waals surface area contributed by atoms with E-state index in [9.17, 15) is 4.79 Å². The molecule has 0 aromatic heterocycles. The van der Waals surface area contributed by atoms with Crippen molar-refractivity contribution >= 4 is 27.9 Å². The highest BCUT2D eigenvalue weighted by Crippen LogP contribution is 2.18. The first-order valence-electron chi connectivity index (χ1n) is 3.42. The molecular formula is C8H9BrN2O. The first-order chi connectivity index (χ1) is 5.81. The van der Waals surface area contributed by atoms with Crippen LogP contribution in [-0.4, -0.2) is 6.29 Å². The second-order valence-corrected chi connectivity index (χ2v) is 2.87. The number of hydrogen-bond donors (Lipinski definition) is 2. The smallest absolute Gasteiger partial charge is 0.150 e. The van der Waals surface area contributed by atoms with Gasteiger partial charge in [0.25, 0.3) is 0 Å². The molecule has 0 spiro atoms. The van der Waals surface area contributed by atoms with Crippen LogP contribution >= 0.6 is 15.9 Å². The van der Waals surface area contributed by atoms with Crippen molar-refractivity contribution in [2.75, 3.05) is 5.43 Å². The molecule has 12 heavy (non-hydrogen) atoms. The van der Waals surface area contributed by atoms with Crippen molar-refractivity contribution in [3.05, 3.63) is 29.3 Å². The lowest BCUT2D eigenvalue weighted by Gasteiger charge is -2.05. The molecule has 0 bridgehead atoms. The van der Waals surface area contributed by atoms with E-state index in [0.717, 1.165) is 17.5 Å². The molecule has 0 saturated carbocycles. The molecule has 0 heterocycles. The van der Waals surface area contributed by atoms with Gasteiger partial charge in [-0.25, -0.2) is 0 Å². The van der Waals surface area contributed by atoms with Gasteiger partial charge in [-0.1, -0.05) is 15.9 Å². The van der Waals surface area contributed by atoms with E-state index in [0.29, 0.717) is 10.9 Å². The molecule has 0 aliphatic carbocycles. The predicted octanol–water partition coefficient (Wildman–Crippen LogP) is 1.68. The number of carbonyl (C=O) groups excluding carboxylic acids is 1. The third kappa shape index (κ3) is 1.84. The van der Waals surface area contributed by atoms with Crippen LogP contribution in [-0.2, 0) is 5.33 Å². The highest BCUT2D eigenvalue weighted by atomic mass is 79.9. The second kappa shape index (κ2) is 4.23. The molecule has 0 radical (unpaired) electrons. The fraction of sp³-hybridized carbons (Fsp3) is 0.125. The molecule has 64 valence electrons. The van der Waals surface area contributed by atoms with Crippen LogP contribution in [0.3, 0.4) is 0 Å². The number of alkyl halides is 1. The van der Waals surface area contributed by atoms with E-state index in [4.69, 9.17) is 5.84 Å². The van der Waals surface area contributed by atoms with Gasteiger partial charge < -0.3 is 5.43 Å². The van der Waals surface area contributed by atoms with Crippen LogP contribution in [0.15, 0.2) is 18.2 Å². The molecule has 0 aliphatic heterocycles. The van der Waals surface area contributed by atoms with Crippen molar-refractivity contribution in [3.8, 4) is 0 Å². The zero-order valence-corrected chi connectivity index (χ0v) is 7.97. The maximum atomic E-state index is 10.4. The number of rotatable bonds is 3. The van der Waals surface area contributed by atoms with Crippen molar-refractivity contribution in [2.45, 2.75) is 5.33 Å². The van der Waals surface area contributed by atoms with Crippen LogP contribution in [0, 0.1) is 0 Å². The van der Waals surface area contributed by atoms with Crippen molar-refractivity contribution in [2.24, 2.45) is 5.84 Å². The lowest BCUT2D eigenvalue weighted by Crippen LogP contribution is -2.08. The number of hydrazine groups is 1. The monoisotopic (exact) mass is 228 g/mol. The fourth-order valence-electron chi connectivity index (χ4n) is 0.938. The summed E-state index contributed by atoms with van der Waals surface area (Å²) in [6.07, 6.45) is 0.812. The minimum Gasteiger partial charge on any atom is -0.324 e.